The van der Waals surface area contributed by atoms with E-state index >= 15 is 0 Å². The van der Waals surface area contributed by atoms with Crippen LogP contribution in [0.1, 0.15) is 43.6 Å². The molecule has 0 radical (unpaired) electrons. The van der Waals surface area contributed by atoms with Crippen LogP contribution in [0.25, 0.3) is 0 Å². The van der Waals surface area contributed by atoms with Gasteiger partial charge in [0.25, 0.3) is 5.91 Å². The summed E-state index contributed by atoms with van der Waals surface area (Å²) in [6, 6.07) is 9.13. The molecule has 0 spiro atoms. The highest BCUT2D eigenvalue weighted by Gasteiger charge is 2.22. The lowest BCUT2D eigenvalue weighted by Crippen LogP contribution is -2.48. The Morgan fingerprint density at radius 1 is 1.10 bits per heavy atom. The fourth-order valence-electron chi connectivity index (χ4n) is 3.77. The van der Waals surface area contributed by atoms with Crippen LogP contribution in [0.2, 0.25) is 0 Å². The summed E-state index contributed by atoms with van der Waals surface area (Å²) in [7, 11) is 0. The summed E-state index contributed by atoms with van der Waals surface area (Å²) in [5, 5.41) is 14.4. The molecule has 1 saturated heterocycles. The number of aromatic nitrogens is 3. The van der Waals surface area contributed by atoms with Crippen molar-refractivity contribution >= 4 is 29.0 Å². The lowest BCUT2D eigenvalue weighted by Gasteiger charge is -2.38. The van der Waals surface area contributed by atoms with Crippen LogP contribution in [0.3, 0.4) is 0 Å². The molecule has 4 rings (SSSR count). The molecule has 30 heavy (non-hydrogen) atoms. The van der Waals surface area contributed by atoms with Gasteiger partial charge in [-0.1, -0.05) is 0 Å². The first-order chi connectivity index (χ1) is 14.5. The van der Waals surface area contributed by atoms with Gasteiger partial charge in [0.15, 0.2) is 11.5 Å². The molecule has 2 fully saturated rings. The number of hydrogen-bond donors (Lipinski definition) is 3. The number of nitrogens with zero attached hydrogens (tertiary/aromatic N) is 5. The number of benzene rings is 1. The predicted molar refractivity (Wildman–Crippen MR) is 118 cm³/mol. The van der Waals surface area contributed by atoms with Crippen molar-refractivity contribution in [1.82, 2.24) is 20.1 Å². The largest absolute Gasteiger partial charge is 0.369 e. The fourth-order valence-corrected chi connectivity index (χ4v) is 3.77. The van der Waals surface area contributed by atoms with Crippen molar-refractivity contribution in [3.05, 3.63) is 30.0 Å². The SMILES string of the molecule is CC(C)N1CCN(c2ccc(Nc3nnc(C(N)=O)c(NC4CCC4)n3)cc2)CC1. The molecular weight excluding hydrogens is 380 g/mol. The number of carbonyl (C=O) groups is 1. The Balaban J connectivity index is 1.41. The number of piperazine rings is 1. The van der Waals surface area contributed by atoms with Gasteiger partial charge in [0.2, 0.25) is 5.95 Å². The summed E-state index contributed by atoms with van der Waals surface area (Å²) in [4.78, 5) is 21.0. The minimum absolute atomic E-state index is 0.0725. The van der Waals surface area contributed by atoms with E-state index in [-0.39, 0.29) is 5.69 Å². The second-order valence-corrected chi connectivity index (χ2v) is 8.26. The van der Waals surface area contributed by atoms with Crippen molar-refractivity contribution in [2.45, 2.75) is 45.2 Å². The molecule has 1 aromatic carbocycles. The fraction of sp³-hybridized carbons (Fsp3) is 0.524. The van der Waals surface area contributed by atoms with E-state index in [0.29, 0.717) is 23.8 Å². The lowest BCUT2D eigenvalue weighted by molar-refractivity contribution is 0.0995. The molecule has 9 heteroatoms. The second kappa shape index (κ2) is 8.83. The second-order valence-electron chi connectivity index (χ2n) is 8.26. The molecule has 1 aromatic heterocycles. The average Bonchev–Trinajstić information content (AvgIpc) is 2.71. The summed E-state index contributed by atoms with van der Waals surface area (Å²) in [6.45, 7) is 8.72. The highest BCUT2D eigenvalue weighted by atomic mass is 16.1. The van der Waals surface area contributed by atoms with Gasteiger partial charge in [-0.3, -0.25) is 9.69 Å². The van der Waals surface area contributed by atoms with E-state index in [1.165, 1.54) is 12.1 Å². The predicted octanol–water partition coefficient (Wildman–Crippen LogP) is 2.21. The van der Waals surface area contributed by atoms with Crippen molar-refractivity contribution in [3.8, 4) is 0 Å². The molecule has 1 aliphatic heterocycles. The van der Waals surface area contributed by atoms with Crippen molar-refractivity contribution in [3.63, 3.8) is 0 Å². The molecule has 160 valence electrons. The third-order valence-electron chi connectivity index (χ3n) is 5.90. The minimum Gasteiger partial charge on any atom is -0.369 e. The van der Waals surface area contributed by atoms with Gasteiger partial charge in [0, 0.05) is 49.6 Å². The zero-order chi connectivity index (χ0) is 21.1. The zero-order valence-corrected chi connectivity index (χ0v) is 17.6. The summed E-state index contributed by atoms with van der Waals surface area (Å²) in [6.07, 6.45) is 3.28. The monoisotopic (exact) mass is 410 g/mol. The Kier molecular flexibility index (Phi) is 5.98. The molecule has 2 aromatic rings. The number of carbonyl (C=O) groups excluding carboxylic acids is 1. The Labute approximate surface area is 177 Å². The van der Waals surface area contributed by atoms with Crippen LogP contribution in [0, 0.1) is 0 Å². The van der Waals surface area contributed by atoms with Crippen molar-refractivity contribution in [1.29, 1.82) is 0 Å². The normalized spacial score (nSPS) is 17.6. The third kappa shape index (κ3) is 4.62. The van der Waals surface area contributed by atoms with Gasteiger partial charge in [0.05, 0.1) is 0 Å². The maximum atomic E-state index is 11.6. The van der Waals surface area contributed by atoms with E-state index in [1.807, 2.05) is 12.1 Å². The Morgan fingerprint density at radius 2 is 1.80 bits per heavy atom. The van der Waals surface area contributed by atoms with Crippen LogP contribution >= 0.6 is 0 Å². The Hall–Kier alpha value is -2.94. The van der Waals surface area contributed by atoms with E-state index in [9.17, 15) is 4.79 Å². The molecule has 0 bridgehead atoms. The number of hydrogen-bond acceptors (Lipinski definition) is 8. The molecule has 1 aliphatic carbocycles. The quantitative estimate of drug-likeness (QED) is 0.637. The van der Waals surface area contributed by atoms with Crippen molar-refractivity contribution in [2.24, 2.45) is 5.73 Å². The molecule has 4 N–H and O–H groups in total. The van der Waals surface area contributed by atoms with Gasteiger partial charge in [0.1, 0.15) is 0 Å². The average molecular weight is 411 g/mol. The molecule has 2 aliphatic rings. The van der Waals surface area contributed by atoms with Gasteiger partial charge in [-0.15, -0.1) is 10.2 Å². The smallest absolute Gasteiger partial charge is 0.273 e. The van der Waals surface area contributed by atoms with E-state index in [2.05, 4.69) is 61.6 Å². The number of amides is 1. The lowest BCUT2D eigenvalue weighted by atomic mass is 9.93. The summed E-state index contributed by atoms with van der Waals surface area (Å²) < 4.78 is 0. The summed E-state index contributed by atoms with van der Waals surface area (Å²) >= 11 is 0. The van der Waals surface area contributed by atoms with Crippen LogP contribution in [0.4, 0.5) is 23.1 Å². The van der Waals surface area contributed by atoms with E-state index in [4.69, 9.17) is 5.73 Å². The van der Waals surface area contributed by atoms with Gasteiger partial charge in [-0.05, 0) is 57.4 Å². The van der Waals surface area contributed by atoms with Crippen LogP contribution < -0.4 is 21.3 Å². The van der Waals surface area contributed by atoms with Crippen molar-refractivity contribution in [2.75, 3.05) is 41.7 Å². The summed E-state index contributed by atoms with van der Waals surface area (Å²) in [5.74, 6) is 0.0924. The minimum atomic E-state index is -0.634. The number of anilines is 4. The van der Waals surface area contributed by atoms with Gasteiger partial charge < -0.3 is 21.3 Å². The molecule has 9 nitrogen and oxygen atoms in total. The number of nitrogens with two attached hydrogens (primary N) is 1. The maximum Gasteiger partial charge on any atom is 0.273 e. The van der Waals surface area contributed by atoms with Crippen LogP contribution in [-0.2, 0) is 0 Å². The van der Waals surface area contributed by atoms with Crippen molar-refractivity contribution < 1.29 is 4.79 Å². The molecule has 1 amide bonds. The van der Waals surface area contributed by atoms with Gasteiger partial charge >= 0.3 is 0 Å². The van der Waals surface area contributed by atoms with Crippen LogP contribution in [0.15, 0.2) is 24.3 Å². The van der Waals surface area contributed by atoms with Gasteiger partial charge in [-0.25, -0.2) is 0 Å². The first-order valence-corrected chi connectivity index (χ1v) is 10.7. The standard InChI is InChI=1S/C21H30N8O/c1-14(2)28-10-12-29(13-11-28)17-8-6-16(7-9-17)24-21-25-20(23-15-4-3-5-15)18(19(22)30)26-27-21/h6-9,14-15H,3-5,10-13H2,1-2H3,(H2,22,30)(H2,23,24,25,27). The third-order valence-corrected chi connectivity index (χ3v) is 5.90. The van der Waals surface area contributed by atoms with Crippen LogP contribution in [-0.4, -0.2) is 64.3 Å². The Bertz CT molecular complexity index is 873. The molecule has 0 unspecified atom stereocenters. The summed E-state index contributed by atoms with van der Waals surface area (Å²) in [5.41, 5.74) is 7.56. The number of primary amides is 1. The first kappa shape index (κ1) is 20.3. The molecule has 0 atom stereocenters. The molecular formula is C21H30N8O. The van der Waals surface area contributed by atoms with Gasteiger partial charge in [-0.2, -0.15) is 4.98 Å². The van der Waals surface area contributed by atoms with E-state index < -0.39 is 5.91 Å². The zero-order valence-electron chi connectivity index (χ0n) is 17.6. The van der Waals surface area contributed by atoms with E-state index in [0.717, 1.165) is 44.7 Å². The highest BCUT2D eigenvalue weighted by Crippen LogP contribution is 2.25. The Morgan fingerprint density at radius 3 is 2.37 bits per heavy atom. The highest BCUT2D eigenvalue weighted by molar-refractivity contribution is 5.95. The first-order valence-electron chi connectivity index (χ1n) is 10.7. The number of rotatable bonds is 7. The molecule has 1 saturated carbocycles. The maximum absolute atomic E-state index is 11.6. The van der Waals surface area contributed by atoms with E-state index in [1.54, 1.807) is 0 Å². The topological polar surface area (TPSA) is 112 Å². The van der Waals surface area contributed by atoms with Crippen LogP contribution in [0.5, 0.6) is 0 Å². The number of nitrogens with one attached hydrogen (secondary N) is 2. The molecule has 2 heterocycles.